The summed E-state index contributed by atoms with van der Waals surface area (Å²) in [4.78, 5) is 0. The van der Waals surface area contributed by atoms with Gasteiger partial charge in [0.2, 0.25) is 12.7 Å². The van der Waals surface area contributed by atoms with E-state index in [1.807, 2.05) is 0 Å². The number of aromatic nitrogens is 4. The second-order valence-electron chi connectivity index (χ2n) is 9.06. The molecule has 170 valence electrons. The van der Waals surface area contributed by atoms with Crippen LogP contribution in [0, 0.1) is 0 Å². The van der Waals surface area contributed by atoms with E-state index in [0.29, 0.717) is 12.1 Å². The van der Waals surface area contributed by atoms with Crippen LogP contribution in [0.25, 0.3) is 0 Å². The van der Waals surface area contributed by atoms with Crippen molar-refractivity contribution >= 4 is 0 Å². The van der Waals surface area contributed by atoms with Crippen LogP contribution in [-0.2, 0) is 13.1 Å². The first-order valence-electron chi connectivity index (χ1n) is 12.0. The zero-order valence-corrected chi connectivity index (χ0v) is 19.9. The largest absolute Gasteiger partial charge is 0.244 e. The molecule has 0 aliphatic heterocycles. The van der Waals surface area contributed by atoms with Gasteiger partial charge in [0.1, 0.15) is 50.0 Å². The molecule has 0 N–H and O–H groups in total. The Kier molecular flexibility index (Phi) is 6.39. The van der Waals surface area contributed by atoms with Gasteiger partial charge in [0.25, 0.3) is 0 Å². The van der Waals surface area contributed by atoms with E-state index in [4.69, 9.17) is 0 Å². The predicted octanol–water partition coefficient (Wildman–Crippen LogP) is 5.18. The summed E-state index contributed by atoms with van der Waals surface area (Å²) in [6.45, 7) is 6.20. The first-order chi connectivity index (χ1) is 16.7. The quantitative estimate of drug-likeness (QED) is 0.291. The van der Waals surface area contributed by atoms with Crippen molar-refractivity contribution in [1.29, 1.82) is 0 Å². The smallest absolute Gasteiger partial charge is 0.233 e. The maximum Gasteiger partial charge on any atom is 0.244 e. The lowest BCUT2D eigenvalue weighted by atomic mass is 10.1. The number of rotatable bonds is 8. The van der Waals surface area contributed by atoms with Crippen LogP contribution in [0.5, 0.6) is 0 Å². The third-order valence-corrected chi connectivity index (χ3v) is 6.60. The highest BCUT2D eigenvalue weighted by Crippen LogP contribution is 2.17. The average molecular weight is 449 g/mol. The Morgan fingerprint density at radius 1 is 0.588 bits per heavy atom. The van der Waals surface area contributed by atoms with Crippen LogP contribution in [-0.4, -0.2) is 9.13 Å². The minimum Gasteiger partial charge on any atom is -0.233 e. The van der Waals surface area contributed by atoms with E-state index in [1.165, 1.54) is 22.3 Å². The van der Waals surface area contributed by atoms with Crippen LogP contribution < -0.4 is 9.13 Å². The van der Waals surface area contributed by atoms with E-state index < -0.39 is 0 Å². The molecule has 0 fully saturated rings. The van der Waals surface area contributed by atoms with Crippen molar-refractivity contribution in [2.75, 3.05) is 0 Å². The predicted molar refractivity (Wildman–Crippen MR) is 134 cm³/mol. The van der Waals surface area contributed by atoms with Crippen LogP contribution in [0.4, 0.5) is 0 Å². The molecule has 4 heteroatoms. The van der Waals surface area contributed by atoms with E-state index in [1.54, 1.807) is 0 Å². The minimum atomic E-state index is 0.312. The number of nitrogens with zero attached hydrogens (tertiary/aromatic N) is 4. The molecule has 0 unspecified atom stereocenters. The lowest BCUT2D eigenvalue weighted by Crippen LogP contribution is -2.33. The van der Waals surface area contributed by atoms with E-state index in [-0.39, 0.29) is 0 Å². The molecule has 0 bridgehead atoms. The SMILES string of the molecule is C[C@H](c1ccccc1)n1cc[n+](Cc2cccc(C[n+]3ccn([C@H](C)c4ccccc4)c3)c2)c1. The second kappa shape index (κ2) is 9.92. The molecule has 5 aromatic rings. The number of hydrogen-bond donors (Lipinski definition) is 0. The monoisotopic (exact) mass is 448 g/mol. The Bertz CT molecular complexity index is 1230. The summed E-state index contributed by atoms with van der Waals surface area (Å²) in [5.74, 6) is 0. The van der Waals surface area contributed by atoms with Crippen molar-refractivity contribution in [2.45, 2.75) is 39.0 Å². The van der Waals surface area contributed by atoms with Gasteiger partial charge in [-0.05, 0) is 42.2 Å². The summed E-state index contributed by atoms with van der Waals surface area (Å²) in [5, 5.41) is 0. The van der Waals surface area contributed by atoms with Crippen molar-refractivity contribution in [2.24, 2.45) is 0 Å². The molecule has 0 amide bonds. The molecular formula is C30H32N4+2. The molecule has 5 rings (SSSR count). The molecule has 0 spiro atoms. The van der Waals surface area contributed by atoms with E-state index >= 15 is 0 Å². The summed E-state index contributed by atoms with van der Waals surface area (Å²) in [6.07, 6.45) is 13.0. The molecular weight excluding hydrogens is 416 g/mol. The molecule has 2 heterocycles. The topological polar surface area (TPSA) is 17.6 Å². The summed E-state index contributed by atoms with van der Waals surface area (Å²) in [5.41, 5.74) is 5.26. The summed E-state index contributed by atoms with van der Waals surface area (Å²) in [6, 6.07) is 30.8. The third kappa shape index (κ3) is 5.01. The van der Waals surface area contributed by atoms with Gasteiger partial charge in [0.05, 0.1) is 0 Å². The molecule has 2 atom stereocenters. The van der Waals surface area contributed by atoms with E-state index in [0.717, 1.165) is 13.1 Å². The van der Waals surface area contributed by atoms with Crippen molar-refractivity contribution in [3.8, 4) is 0 Å². The summed E-state index contributed by atoms with van der Waals surface area (Å²) >= 11 is 0. The maximum atomic E-state index is 2.32. The second-order valence-corrected chi connectivity index (χ2v) is 9.06. The molecule has 0 saturated heterocycles. The highest BCUT2D eigenvalue weighted by Gasteiger charge is 2.15. The van der Waals surface area contributed by atoms with Gasteiger partial charge >= 0.3 is 0 Å². The Morgan fingerprint density at radius 2 is 1.03 bits per heavy atom. The standard InChI is InChI=1S/C30H32N4/c1-25(29-12-5-3-6-13-29)33-18-16-31(23-33)21-27-10-9-11-28(20-27)22-32-17-19-34(24-32)26(2)30-14-7-4-8-15-30/h3-20,23-26H,21-22H2,1-2H3/q+2/t25-,26-/m1/s1. The minimum absolute atomic E-state index is 0.312. The van der Waals surface area contributed by atoms with Gasteiger partial charge in [-0.1, -0.05) is 78.9 Å². The number of imidazole rings is 2. The average Bonchev–Trinajstić information content (AvgIpc) is 3.54. The first-order valence-corrected chi connectivity index (χ1v) is 12.0. The van der Waals surface area contributed by atoms with Gasteiger partial charge in [-0.3, -0.25) is 0 Å². The third-order valence-electron chi connectivity index (χ3n) is 6.60. The number of benzene rings is 3. The normalized spacial score (nSPS) is 13.0. The van der Waals surface area contributed by atoms with Crippen LogP contribution >= 0.6 is 0 Å². The molecule has 4 nitrogen and oxygen atoms in total. The fourth-order valence-electron chi connectivity index (χ4n) is 4.52. The van der Waals surface area contributed by atoms with Crippen molar-refractivity contribution < 1.29 is 9.13 Å². The molecule has 0 aliphatic rings. The van der Waals surface area contributed by atoms with Crippen LogP contribution in [0.15, 0.2) is 122 Å². The van der Waals surface area contributed by atoms with Crippen LogP contribution in [0.3, 0.4) is 0 Å². The summed E-state index contributed by atoms with van der Waals surface area (Å²) in [7, 11) is 0. The van der Waals surface area contributed by atoms with Gasteiger partial charge in [-0.15, -0.1) is 0 Å². The van der Waals surface area contributed by atoms with Gasteiger partial charge < -0.3 is 0 Å². The Labute approximate surface area is 202 Å². The van der Waals surface area contributed by atoms with Crippen LogP contribution in [0.1, 0.15) is 48.2 Å². The van der Waals surface area contributed by atoms with E-state index in [2.05, 4.69) is 154 Å². The van der Waals surface area contributed by atoms with Crippen LogP contribution in [0.2, 0.25) is 0 Å². The van der Waals surface area contributed by atoms with E-state index in [9.17, 15) is 0 Å². The lowest BCUT2D eigenvalue weighted by molar-refractivity contribution is -0.688. The molecule has 0 saturated carbocycles. The van der Waals surface area contributed by atoms with Gasteiger partial charge in [0, 0.05) is 0 Å². The van der Waals surface area contributed by atoms with Gasteiger partial charge in [0.15, 0.2) is 0 Å². The fourth-order valence-corrected chi connectivity index (χ4v) is 4.52. The van der Waals surface area contributed by atoms with Gasteiger partial charge in [-0.25, -0.2) is 18.3 Å². The highest BCUT2D eigenvalue weighted by molar-refractivity contribution is 5.23. The van der Waals surface area contributed by atoms with Gasteiger partial charge in [-0.2, -0.15) is 0 Å². The first kappa shape index (κ1) is 21.9. The zero-order chi connectivity index (χ0) is 23.3. The molecule has 0 radical (unpaired) electrons. The highest BCUT2D eigenvalue weighted by atomic mass is 15.1. The Balaban J connectivity index is 1.25. The lowest BCUT2D eigenvalue weighted by Gasteiger charge is -2.08. The summed E-state index contributed by atoms with van der Waals surface area (Å²) < 4.78 is 9.05. The maximum absolute atomic E-state index is 2.32. The molecule has 2 aromatic heterocycles. The molecule has 3 aromatic carbocycles. The fraction of sp³-hybridized carbons (Fsp3) is 0.200. The van der Waals surface area contributed by atoms with Crippen molar-refractivity contribution in [1.82, 2.24) is 9.13 Å². The molecule has 34 heavy (non-hydrogen) atoms. The number of hydrogen-bond acceptors (Lipinski definition) is 0. The van der Waals surface area contributed by atoms with Crippen molar-refractivity contribution in [3.63, 3.8) is 0 Å². The Hall–Kier alpha value is -3.92. The van der Waals surface area contributed by atoms with Crippen molar-refractivity contribution in [3.05, 3.63) is 145 Å². The Morgan fingerprint density at radius 3 is 1.47 bits per heavy atom. The zero-order valence-electron chi connectivity index (χ0n) is 19.9. The molecule has 0 aliphatic carbocycles.